The number of rotatable bonds is 3. The lowest BCUT2D eigenvalue weighted by molar-refractivity contribution is 0.0364. The second-order valence-corrected chi connectivity index (χ2v) is 5.03. The molecular weight excluding hydrogens is 266 g/mol. The molecule has 3 rings (SSSR count). The maximum absolute atomic E-state index is 5.88. The highest BCUT2D eigenvalue weighted by Crippen LogP contribution is 2.25. The van der Waals surface area contributed by atoms with Crippen LogP contribution in [0.15, 0.2) is 30.6 Å². The van der Waals surface area contributed by atoms with Crippen molar-refractivity contribution in [3.8, 4) is 0 Å². The van der Waals surface area contributed by atoms with Gasteiger partial charge in [0.1, 0.15) is 6.10 Å². The maximum atomic E-state index is 5.88. The van der Waals surface area contributed by atoms with E-state index in [-0.39, 0.29) is 6.10 Å². The van der Waals surface area contributed by atoms with Gasteiger partial charge in [-0.15, -0.1) is 0 Å². The van der Waals surface area contributed by atoms with E-state index in [0.717, 1.165) is 29.6 Å². The maximum Gasteiger partial charge on any atom is 0.225 e. The zero-order valence-electron chi connectivity index (χ0n) is 12.3. The summed E-state index contributed by atoms with van der Waals surface area (Å²) in [4.78, 5) is 15.4. The first-order chi connectivity index (χ1) is 10.3. The van der Waals surface area contributed by atoms with Gasteiger partial charge in [0.05, 0.1) is 18.8 Å². The summed E-state index contributed by atoms with van der Waals surface area (Å²) in [6, 6.07) is 5.88. The Bertz CT molecular complexity index is 604. The van der Waals surface area contributed by atoms with E-state index in [1.165, 1.54) is 0 Å². The van der Waals surface area contributed by atoms with Crippen LogP contribution in [-0.4, -0.2) is 41.7 Å². The molecule has 6 heteroatoms. The number of pyridine rings is 1. The third-order valence-electron chi connectivity index (χ3n) is 3.49. The molecule has 1 fully saturated rings. The fourth-order valence-electron chi connectivity index (χ4n) is 2.47. The first kappa shape index (κ1) is 13.8. The predicted molar refractivity (Wildman–Crippen MR) is 81.5 cm³/mol. The van der Waals surface area contributed by atoms with Gasteiger partial charge in [0.15, 0.2) is 0 Å². The molecule has 1 aliphatic rings. The van der Waals surface area contributed by atoms with E-state index in [1.54, 1.807) is 12.4 Å². The predicted octanol–water partition coefficient (Wildman–Crippen LogP) is 1.80. The minimum Gasteiger partial charge on any atom is -0.388 e. The van der Waals surface area contributed by atoms with Crippen LogP contribution in [0, 0.1) is 6.92 Å². The molecule has 21 heavy (non-hydrogen) atoms. The number of anilines is 2. The van der Waals surface area contributed by atoms with Gasteiger partial charge in [-0.05, 0) is 25.1 Å². The summed E-state index contributed by atoms with van der Waals surface area (Å²) in [6.07, 6.45) is 3.46. The van der Waals surface area contributed by atoms with Gasteiger partial charge in [0.25, 0.3) is 0 Å². The minimum absolute atomic E-state index is 0.0606. The Balaban J connectivity index is 1.81. The summed E-state index contributed by atoms with van der Waals surface area (Å²) < 4.78 is 5.88. The molecule has 1 saturated heterocycles. The first-order valence-electron chi connectivity index (χ1n) is 7.06. The molecule has 0 aliphatic carbocycles. The average molecular weight is 285 g/mol. The SMILES string of the molecule is CNc1cc(C)nc([C@@H]2CN(c3ncccn3)CCO2)c1. The number of nitrogens with one attached hydrogen (secondary N) is 1. The Kier molecular flexibility index (Phi) is 3.96. The van der Waals surface area contributed by atoms with Crippen molar-refractivity contribution in [1.82, 2.24) is 15.0 Å². The zero-order valence-corrected chi connectivity index (χ0v) is 12.3. The fourth-order valence-corrected chi connectivity index (χ4v) is 2.47. The van der Waals surface area contributed by atoms with Crippen molar-refractivity contribution in [2.24, 2.45) is 0 Å². The van der Waals surface area contributed by atoms with Crippen LogP contribution >= 0.6 is 0 Å². The highest BCUT2D eigenvalue weighted by molar-refractivity contribution is 5.45. The zero-order chi connectivity index (χ0) is 14.7. The van der Waals surface area contributed by atoms with Crippen molar-refractivity contribution < 1.29 is 4.74 Å². The van der Waals surface area contributed by atoms with Gasteiger partial charge in [-0.1, -0.05) is 0 Å². The lowest BCUT2D eigenvalue weighted by Gasteiger charge is -2.32. The molecule has 1 aliphatic heterocycles. The minimum atomic E-state index is -0.0606. The highest BCUT2D eigenvalue weighted by Gasteiger charge is 2.25. The van der Waals surface area contributed by atoms with Gasteiger partial charge < -0.3 is 15.0 Å². The first-order valence-corrected chi connectivity index (χ1v) is 7.06. The standard InChI is InChI=1S/C15H19N5O/c1-11-8-12(16-2)9-13(19-11)14-10-20(6-7-21-14)15-17-4-3-5-18-15/h3-5,8-9,14H,6-7,10H2,1-2H3,(H,16,19)/t14-/m0/s1. The summed E-state index contributed by atoms with van der Waals surface area (Å²) in [7, 11) is 1.91. The lowest BCUT2D eigenvalue weighted by Crippen LogP contribution is -2.39. The lowest BCUT2D eigenvalue weighted by atomic mass is 10.1. The number of morpholine rings is 1. The van der Waals surface area contributed by atoms with Crippen LogP contribution < -0.4 is 10.2 Å². The van der Waals surface area contributed by atoms with Gasteiger partial charge in [0, 0.05) is 37.4 Å². The second-order valence-electron chi connectivity index (χ2n) is 5.03. The summed E-state index contributed by atoms with van der Waals surface area (Å²) >= 11 is 0. The second kappa shape index (κ2) is 6.05. The van der Waals surface area contributed by atoms with E-state index in [2.05, 4.69) is 25.2 Å². The molecular formula is C15H19N5O. The monoisotopic (exact) mass is 285 g/mol. The third kappa shape index (κ3) is 3.11. The smallest absolute Gasteiger partial charge is 0.225 e. The van der Waals surface area contributed by atoms with Gasteiger partial charge >= 0.3 is 0 Å². The Morgan fingerprint density at radius 2 is 2.10 bits per heavy atom. The van der Waals surface area contributed by atoms with E-state index in [9.17, 15) is 0 Å². The van der Waals surface area contributed by atoms with Gasteiger partial charge in [-0.3, -0.25) is 4.98 Å². The van der Waals surface area contributed by atoms with E-state index in [0.29, 0.717) is 13.2 Å². The average Bonchev–Trinajstić information content (AvgIpc) is 2.55. The van der Waals surface area contributed by atoms with Crippen molar-refractivity contribution in [2.45, 2.75) is 13.0 Å². The van der Waals surface area contributed by atoms with Gasteiger partial charge in [0.2, 0.25) is 5.95 Å². The fraction of sp³-hybridized carbons (Fsp3) is 0.400. The van der Waals surface area contributed by atoms with E-state index in [4.69, 9.17) is 4.74 Å². The van der Waals surface area contributed by atoms with Crippen molar-refractivity contribution in [2.75, 3.05) is 37.0 Å². The van der Waals surface area contributed by atoms with Crippen molar-refractivity contribution in [3.05, 3.63) is 42.0 Å². The number of nitrogens with zero attached hydrogens (tertiary/aromatic N) is 4. The number of hydrogen-bond donors (Lipinski definition) is 1. The molecule has 1 N–H and O–H groups in total. The number of ether oxygens (including phenoxy) is 1. The van der Waals surface area contributed by atoms with Crippen LogP contribution in [0.25, 0.3) is 0 Å². The molecule has 110 valence electrons. The highest BCUT2D eigenvalue weighted by atomic mass is 16.5. The molecule has 0 aromatic carbocycles. The molecule has 0 amide bonds. The molecule has 6 nitrogen and oxygen atoms in total. The van der Waals surface area contributed by atoms with Gasteiger partial charge in [-0.25, -0.2) is 9.97 Å². The van der Waals surface area contributed by atoms with E-state index < -0.39 is 0 Å². The van der Waals surface area contributed by atoms with Crippen molar-refractivity contribution in [1.29, 1.82) is 0 Å². The number of aromatic nitrogens is 3. The number of aryl methyl sites for hydroxylation is 1. The molecule has 2 aromatic rings. The quantitative estimate of drug-likeness (QED) is 0.928. The van der Waals surface area contributed by atoms with Crippen LogP contribution in [0.5, 0.6) is 0 Å². The Labute approximate surface area is 124 Å². The van der Waals surface area contributed by atoms with Gasteiger partial charge in [-0.2, -0.15) is 0 Å². The Hall–Kier alpha value is -2.21. The Morgan fingerprint density at radius 1 is 1.29 bits per heavy atom. The van der Waals surface area contributed by atoms with Crippen LogP contribution in [0.2, 0.25) is 0 Å². The topological polar surface area (TPSA) is 63.2 Å². The summed E-state index contributed by atoms with van der Waals surface area (Å²) in [5.41, 5.74) is 2.97. The van der Waals surface area contributed by atoms with E-state index in [1.807, 2.05) is 32.2 Å². The number of hydrogen-bond acceptors (Lipinski definition) is 6. The van der Waals surface area contributed by atoms with Crippen LogP contribution in [0.4, 0.5) is 11.6 Å². The molecule has 0 bridgehead atoms. The normalized spacial score (nSPS) is 18.6. The third-order valence-corrected chi connectivity index (χ3v) is 3.49. The molecule has 0 radical (unpaired) electrons. The largest absolute Gasteiger partial charge is 0.388 e. The molecule has 0 spiro atoms. The molecule has 2 aromatic heterocycles. The van der Waals surface area contributed by atoms with E-state index >= 15 is 0 Å². The summed E-state index contributed by atoms with van der Waals surface area (Å²) in [5.74, 6) is 0.743. The summed E-state index contributed by atoms with van der Waals surface area (Å²) in [6.45, 7) is 4.15. The Morgan fingerprint density at radius 3 is 2.86 bits per heavy atom. The van der Waals surface area contributed by atoms with Crippen LogP contribution in [0.3, 0.4) is 0 Å². The van der Waals surface area contributed by atoms with Crippen LogP contribution in [0.1, 0.15) is 17.5 Å². The van der Waals surface area contributed by atoms with Crippen molar-refractivity contribution >= 4 is 11.6 Å². The van der Waals surface area contributed by atoms with Crippen LogP contribution in [-0.2, 0) is 4.74 Å². The van der Waals surface area contributed by atoms with Crippen molar-refractivity contribution in [3.63, 3.8) is 0 Å². The molecule has 1 atom stereocenters. The molecule has 3 heterocycles. The molecule has 0 saturated carbocycles. The summed E-state index contributed by atoms with van der Waals surface area (Å²) in [5, 5.41) is 3.16. The molecule has 0 unspecified atom stereocenters.